The van der Waals surface area contributed by atoms with Gasteiger partial charge < -0.3 is 5.21 Å². The molecule has 0 spiro atoms. The lowest BCUT2D eigenvalue weighted by Crippen LogP contribution is -2.29. The van der Waals surface area contributed by atoms with E-state index in [1.807, 2.05) is 48.5 Å². The Kier molecular flexibility index (Phi) is 3.13. The second-order valence-electron chi connectivity index (χ2n) is 4.44. The molecule has 3 rings (SSSR count). The molecule has 0 amide bonds. The van der Waals surface area contributed by atoms with Gasteiger partial charge >= 0.3 is 0 Å². The summed E-state index contributed by atoms with van der Waals surface area (Å²) in [6, 6.07) is 19.7. The van der Waals surface area contributed by atoms with Crippen LogP contribution in [-0.4, -0.2) is 0 Å². The molecular weight excluding hydrogens is 254 g/mol. The highest BCUT2D eigenvalue weighted by Crippen LogP contribution is 2.26. The quantitative estimate of drug-likeness (QED) is 0.519. The second-order valence-corrected chi connectivity index (χ2v) is 5.53. The summed E-state index contributed by atoms with van der Waals surface area (Å²) in [6.07, 6.45) is 0. The number of hydrogen-bond acceptors (Lipinski definition) is 2. The summed E-state index contributed by atoms with van der Waals surface area (Å²) >= 11 is 1.49. The van der Waals surface area contributed by atoms with Gasteiger partial charge in [0.1, 0.15) is 0 Å². The van der Waals surface area contributed by atoms with Crippen molar-refractivity contribution in [1.82, 2.24) is 0 Å². The third-order valence-corrected chi connectivity index (χ3v) is 4.02. The maximum Gasteiger partial charge on any atom is 0.256 e. The fraction of sp³-hybridized carbons (Fsp3) is 0.0625. The van der Waals surface area contributed by atoms with Crippen LogP contribution in [0.15, 0.2) is 70.6 Å². The second kappa shape index (κ2) is 4.94. The SMILES string of the molecule is Cc1ccc(Sc2ccc3ccccc3[n+]2[O-])cc1. The minimum Gasteiger partial charge on any atom is -0.617 e. The van der Waals surface area contributed by atoms with E-state index >= 15 is 0 Å². The third kappa shape index (κ3) is 2.42. The van der Waals surface area contributed by atoms with Gasteiger partial charge in [-0.2, -0.15) is 4.73 Å². The molecule has 0 radical (unpaired) electrons. The lowest BCUT2D eigenvalue weighted by Gasteiger charge is -2.07. The van der Waals surface area contributed by atoms with E-state index in [-0.39, 0.29) is 0 Å². The average Bonchev–Trinajstić information content (AvgIpc) is 2.45. The first kappa shape index (κ1) is 12.1. The van der Waals surface area contributed by atoms with Crippen molar-refractivity contribution in [3.05, 3.63) is 71.4 Å². The normalized spacial score (nSPS) is 10.8. The molecule has 2 aromatic carbocycles. The van der Waals surface area contributed by atoms with Gasteiger partial charge in [-0.25, -0.2) is 0 Å². The van der Waals surface area contributed by atoms with E-state index in [1.165, 1.54) is 17.3 Å². The molecule has 0 saturated carbocycles. The van der Waals surface area contributed by atoms with E-state index in [9.17, 15) is 5.21 Å². The number of hydrogen-bond donors (Lipinski definition) is 0. The number of fused-ring (bicyclic) bond motifs is 1. The first-order chi connectivity index (χ1) is 9.24. The zero-order valence-corrected chi connectivity index (χ0v) is 11.4. The lowest BCUT2D eigenvalue weighted by atomic mass is 10.2. The molecule has 0 fully saturated rings. The fourth-order valence-corrected chi connectivity index (χ4v) is 2.79. The monoisotopic (exact) mass is 267 g/mol. The van der Waals surface area contributed by atoms with Crippen molar-refractivity contribution in [3.8, 4) is 0 Å². The predicted molar refractivity (Wildman–Crippen MR) is 78.2 cm³/mol. The highest BCUT2D eigenvalue weighted by atomic mass is 32.2. The van der Waals surface area contributed by atoms with Crippen molar-refractivity contribution in [2.24, 2.45) is 0 Å². The molecule has 0 aliphatic carbocycles. The molecule has 0 aliphatic rings. The van der Waals surface area contributed by atoms with Crippen molar-refractivity contribution in [2.75, 3.05) is 0 Å². The highest BCUT2D eigenvalue weighted by molar-refractivity contribution is 7.99. The maximum atomic E-state index is 12.3. The summed E-state index contributed by atoms with van der Waals surface area (Å²) in [6.45, 7) is 2.05. The zero-order chi connectivity index (χ0) is 13.2. The molecular formula is C16H13NOS. The highest BCUT2D eigenvalue weighted by Gasteiger charge is 2.11. The molecule has 2 nitrogen and oxygen atoms in total. The molecule has 3 heteroatoms. The van der Waals surface area contributed by atoms with E-state index in [0.29, 0.717) is 10.5 Å². The molecule has 1 aromatic heterocycles. The smallest absolute Gasteiger partial charge is 0.256 e. The summed E-state index contributed by atoms with van der Waals surface area (Å²) < 4.78 is 1.000. The van der Waals surface area contributed by atoms with Crippen molar-refractivity contribution in [3.63, 3.8) is 0 Å². The minimum atomic E-state index is 0.697. The Bertz CT molecular complexity index is 722. The van der Waals surface area contributed by atoms with Crippen LogP contribution in [0, 0.1) is 12.1 Å². The Labute approximate surface area is 116 Å². The zero-order valence-electron chi connectivity index (χ0n) is 10.5. The van der Waals surface area contributed by atoms with Crippen LogP contribution in [0.3, 0.4) is 0 Å². The van der Waals surface area contributed by atoms with Crippen molar-refractivity contribution in [1.29, 1.82) is 0 Å². The largest absolute Gasteiger partial charge is 0.617 e. The topological polar surface area (TPSA) is 26.9 Å². The Hall–Kier alpha value is -2.00. The van der Waals surface area contributed by atoms with Crippen molar-refractivity contribution in [2.45, 2.75) is 16.8 Å². The molecule has 3 aromatic rings. The molecule has 1 heterocycles. The summed E-state index contributed by atoms with van der Waals surface area (Å²) in [5, 5.41) is 14.0. The Morgan fingerprint density at radius 2 is 1.63 bits per heavy atom. The molecule has 0 unspecified atom stereocenters. The minimum absolute atomic E-state index is 0.697. The van der Waals surface area contributed by atoms with E-state index < -0.39 is 0 Å². The van der Waals surface area contributed by atoms with Crippen molar-refractivity contribution < 1.29 is 4.73 Å². The first-order valence-electron chi connectivity index (χ1n) is 6.10. The van der Waals surface area contributed by atoms with Crippen LogP contribution < -0.4 is 4.73 Å². The van der Waals surface area contributed by atoms with Gasteiger partial charge in [0.2, 0.25) is 5.52 Å². The van der Waals surface area contributed by atoms with E-state index in [2.05, 4.69) is 19.1 Å². The van der Waals surface area contributed by atoms with E-state index in [1.54, 1.807) is 0 Å². The van der Waals surface area contributed by atoms with Gasteiger partial charge in [0.05, 0.1) is 0 Å². The van der Waals surface area contributed by atoms with Gasteiger partial charge in [0.15, 0.2) is 0 Å². The molecule has 94 valence electrons. The lowest BCUT2D eigenvalue weighted by molar-refractivity contribution is -0.618. The van der Waals surface area contributed by atoms with Gasteiger partial charge in [-0.15, -0.1) is 0 Å². The molecule has 0 N–H and O–H groups in total. The summed E-state index contributed by atoms with van der Waals surface area (Å²) in [4.78, 5) is 1.07. The summed E-state index contributed by atoms with van der Waals surface area (Å²) in [5.74, 6) is 0. The van der Waals surface area contributed by atoms with Crippen LogP contribution >= 0.6 is 11.8 Å². The molecule has 0 saturated heterocycles. The maximum absolute atomic E-state index is 12.3. The number of pyridine rings is 1. The van der Waals surface area contributed by atoms with Crippen molar-refractivity contribution >= 4 is 22.7 Å². The average molecular weight is 267 g/mol. The third-order valence-electron chi connectivity index (χ3n) is 3.00. The predicted octanol–water partition coefficient (Wildman–Crippen LogP) is 3.93. The van der Waals surface area contributed by atoms with Crippen LogP contribution in [0.4, 0.5) is 0 Å². The van der Waals surface area contributed by atoms with Gasteiger partial charge in [-0.3, -0.25) is 0 Å². The van der Waals surface area contributed by atoms with Crippen LogP contribution in [0.25, 0.3) is 10.9 Å². The summed E-state index contributed by atoms with van der Waals surface area (Å²) in [5.41, 5.74) is 1.93. The van der Waals surface area contributed by atoms with Gasteiger partial charge in [-0.1, -0.05) is 29.8 Å². The van der Waals surface area contributed by atoms with Crippen LogP contribution in [0.5, 0.6) is 0 Å². The molecule has 0 atom stereocenters. The standard InChI is InChI=1S/C16H13NOS/c1-12-6-9-14(10-7-12)19-16-11-8-13-4-2-3-5-15(13)17(16)18/h2-11H,1H3. The molecule has 19 heavy (non-hydrogen) atoms. The number of aromatic nitrogens is 1. The number of nitrogens with zero attached hydrogens (tertiary/aromatic N) is 1. The Morgan fingerprint density at radius 3 is 2.42 bits per heavy atom. The van der Waals surface area contributed by atoms with Gasteiger partial charge in [0.25, 0.3) is 5.03 Å². The number of rotatable bonds is 2. The summed E-state index contributed by atoms with van der Waals surface area (Å²) in [7, 11) is 0. The molecule has 0 bridgehead atoms. The number of aryl methyl sites for hydroxylation is 1. The number of benzene rings is 2. The van der Waals surface area contributed by atoms with Crippen LogP contribution in [-0.2, 0) is 0 Å². The number of para-hydroxylation sites is 1. The van der Waals surface area contributed by atoms with E-state index in [4.69, 9.17) is 0 Å². The fourth-order valence-electron chi connectivity index (χ4n) is 1.96. The first-order valence-corrected chi connectivity index (χ1v) is 6.91. The van der Waals surface area contributed by atoms with Gasteiger partial charge in [0, 0.05) is 22.4 Å². The van der Waals surface area contributed by atoms with Gasteiger partial charge in [-0.05, 0) is 43.0 Å². The Morgan fingerprint density at radius 1 is 0.895 bits per heavy atom. The molecule has 0 aliphatic heterocycles. The van der Waals surface area contributed by atoms with Crippen LogP contribution in [0.2, 0.25) is 0 Å². The Balaban J connectivity index is 2.01. The van der Waals surface area contributed by atoms with E-state index in [0.717, 1.165) is 15.0 Å². The van der Waals surface area contributed by atoms with Crippen LogP contribution in [0.1, 0.15) is 5.56 Å².